The van der Waals surface area contributed by atoms with Crippen LogP contribution < -0.4 is 5.32 Å². The zero-order chi connectivity index (χ0) is 13.6. The molecule has 0 unspecified atom stereocenters. The van der Waals surface area contributed by atoms with E-state index >= 15 is 0 Å². The SMILES string of the molecule is c1ccc(CNCCN2CCN(CC3CC3)CC2)cc1. The summed E-state index contributed by atoms with van der Waals surface area (Å²) < 4.78 is 0. The summed E-state index contributed by atoms with van der Waals surface area (Å²) in [7, 11) is 0. The molecule has 1 aromatic carbocycles. The van der Waals surface area contributed by atoms with Gasteiger partial charge in [-0.15, -0.1) is 0 Å². The lowest BCUT2D eigenvalue weighted by atomic mass is 10.2. The third-order valence-electron chi connectivity index (χ3n) is 4.45. The summed E-state index contributed by atoms with van der Waals surface area (Å²) in [5.41, 5.74) is 1.38. The fourth-order valence-electron chi connectivity index (χ4n) is 2.93. The maximum absolute atomic E-state index is 3.55. The average molecular weight is 273 g/mol. The summed E-state index contributed by atoms with van der Waals surface area (Å²) in [4.78, 5) is 5.26. The van der Waals surface area contributed by atoms with Crippen LogP contribution in [-0.4, -0.2) is 55.6 Å². The van der Waals surface area contributed by atoms with Gasteiger partial charge < -0.3 is 10.2 Å². The summed E-state index contributed by atoms with van der Waals surface area (Å²) in [5.74, 6) is 1.04. The van der Waals surface area contributed by atoms with Crippen LogP contribution in [0.3, 0.4) is 0 Å². The average Bonchev–Trinajstić information content (AvgIpc) is 3.30. The van der Waals surface area contributed by atoms with Crippen molar-refractivity contribution in [2.75, 3.05) is 45.8 Å². The lowest BCUT2D eigenvalue weighted by molar-refractivity contribution is 0.129. The van der Waals surface area contributed by atoms with Crippen molar-refractivity contribution in [3.05, 3.63) is 35.9 Å². The van der Waals surface area contributed by atoms with Crippen molar-refractivity contribution in [3.8, 4) is 0 Å². The minimum Gasteiger partial charge on any atom is -0.311 e. The molecule has 1 aromatic rings. The highest BCUT2D eigenvalue weighted by atomic mass is 15.3. The van der Waals surface area contributed by atoms with Gasteiger partial charge in [-0.1, -0.05) is 30.3 Å². The van der Waals surface area contributed by atoms with Crippen LogP contribution in [-0.2, 0) is 6.54 Å². The second kappa shape index (κ2) is 7.21. The lowest BCUT2D eigenvalue weighted by Gasteiger charge is -2.34. The van der Waals surface area contributed by atoms with E-state index in [0.29, 0.717) is 0 Å². The largest absolute Gasteiger partial charge is 0.311 e. The predicted octanol–water partition coefficient (Wildman–Crippen LogP) is 1.80. The van der Waals surface area contributed by atoms with Crippen LogP contribution in [0.4, 0.5) is 0 Å². The van der Waals surface area contributed by atoms with E-state index in [1.165, 1.54) is 57.7 Å². The summed E-state index contributed by atoms with van der Waals surface area (Å²) in [6.07, 6.45) is 2.95. The molecular formula is C17H27N3. The molecule has 1 aliphatic heterocycles. The topological polar surface area (TPSA) is 18.5 Å². The van der Waals surface area contributed by atoms with Crippen molar-refractivity contribution in [2.45, 2.75) is 19.4 Å². The highest BCUT2D eigenvalue weighted by Crippen LogP contribution is 2.29. The third kappa shape index (κ3) is 4.58. The van der Waals surface area contributed by atoms with Crippen molar-refractivity contribution in [2.24, 2.45) is 5.92 Å². The molecule has 2 aliphatic rings. The molecule has 3 nitrogen and oxygen atoms in total. The molecule has 3 rings (SSSR count). The van der Waals surface area contributed by atoms with Crippen LogP contribution in [0, 0.1) is 5.92 Å². The first-order valence-corrected chi connectivity index (χ1v) is 8.09. The van der Waals surface area contributed by atoms with Crippen LogP contribution in [0.5, 0.6) is 0 Å². The summed E-state index contributed by atoms with van der Waals surface area (Å²) in [5, 5.41) is 3.55. The fraction of sp³-hybridized carbons (Fsp3) is 0.647. The molecule has 0 aromatic heterocycles. The van der Waals surface area contributed by atoms with Gasteiger partial charge in [0.05, 0.1) is 0 Å². The summed E-state index contributed by atoms with van der Waals surface area (Å²) >= 11 is 0. The first-order chi connectivity index (χ1) is 9.90. The summed E-state index contributed by atoms with van der Waals surface area (Å²) in [6, 6.07) is 10.7. The van der Waals surface area contributed by atoms with Gasteiger partial charge in [0.15, 0.2) is 0 Å². The zero-order valence-electron chi connectivity index (χ0n) is 12.4. The van der Waals surface area contributed by atoms with Crippen LogP contribution in [0.25, 0.3) is 0 Å². The maximum Gasteiger partial charge on any atom is 0.0206 e. The van der Waals surface area contributed by atoms with Crippen molar-refractivity contribution < 1.29 is 0 Å². The number of hydrogen-bond acceptors (Lipinski definition) is 3. The number of piperazine rings is 1. The van der Waals surface area contributed by atoms with Gasteiger partial charge in [0.25, 0.3) is 0 Å². The monoisotopic (exact) mass is 273 g/mol. The summed E-state index contributed by atoms with van der Waals surface area (Å²) in [6.45, 7) is 9.67. The van der Waals surface area contributed by atoms with Gasteiger partial charge >= 0.3 is 0 Å². The Balaban J connectivity index is 1.26. The molecule has 1 aliphatic carbocycles. The second-order valence-electron chi connectivity index (χ2n) is 6.25. The molecule has 0 bridgehead atoms. The van der Waals surface area contributed by atoms with Gasteiger partial charge in [-0.3, -0.25) is 4.90 Å². The molecule has 1 heterocycles. The predicted molar refractivity (Wildman–Crippen MR) is 83.8 cm³/mol. The van der Waals surface area contributed by atoms with Crippen LogP contribution >= 0.6 is 0 Å². The Bertz CT molecular complexity index is 380. The van der Waals surface area contributed by atoms with E-state index in [9.17, 15) is 0 Å². The van der Waals surface area contributed by atoms with E-state index in [4.69, 9.17) is 0 Å². The molecule has 1 saturated carbocycles. The number of benzene rings is 1. The van der Waals surface area contributed by atoms with Crippen molar-refractivity contribution in [1.82, 2.24) is 15.1 Å². The van der Waals surface area contributed by atoms with E-state index in [-0.39, 0.29) is 0 Å². The normalized spacial score (nSPS) is 21.2. The minimum atomic E-state index is 0.989. The number of nitrogens with zero attached hydrogens (tertiary/aromatic N) is 2. The number of hydrogen-bond donors (Lipinski definition) is 1. The van der Waals surface area contributed by atoms with Crippen molar-refractivity contribution in [1.29, 1.82) is 0 Å². The molecule has 0 atom stereocenters. The Morgan fingerprint density at radius 1 is 0.950 bits per heavy atom. The first kappa shape index (κ1) is 14.1. The van der Waals surface area contributed by atoms with E-state index in [2.05, 4.69) is 45.4 Å². The number of nitrogens with one attached hydrogen (secondary N) is 1. The van der Waals surface area contributed by atoms with E-state index in [1.54, 1.807) is 0 Å². The van der Waals surface area contributed by atoms with Crippen molar-refractivity contribution in [3.63, 3.8) is 0 Å². The molecule has 1 saturated heterocycles. The fourth-order valence-corrected chi connectivity index (χ4v) is 2.93. The Labute approximate surface area is 123 Å². The van der Waals surface area contributed by atoms with Gasteiger partial charge in [-0.2, -0.15) is 0 Å². The Morgan fingerprint density at radius 2 is 1.65 bits per heavy atom. The van der Waals surface area contributed by atoms with Crippen LogP contribution in [0.15, 0.2) is 30.3 Å². The smallest absolute Gasteiger partial charge is 0.0206 e. The highest BCUT2D eigenvalue weighted by molar-refractivity contribution is 5.14. The molecule has 110 valence electrons. The molecule has 0 radical (unpaired) electrons. The number of rotatable bonds is 7. The molecule has 0 amide bonds. The van der Waals surface area contributed by atoms with Crippen LogP contribution in [0.1, 0.15) is 18.4 Å². The van der Waals surface area contributed by atoms with Gasteiger partial charge in [0.2, 0.25) is 0 Å². The van der Waals surface area contributed by atoms with E-state index < -0.39 is 0 Å². The quantitative estimate of drug-likeness (QED) is 0.764. The lowest BCUT2D eigenvalue weighted by Crippen LogP contribution is -2.48. The standard InChI is InChI=1S/C17H27N3/c1-2-4-16(5-3-1)14-18-8-9-19-10-12-20(13-11-19)15-17-6-7-17/h1-5,17-18H,6-15H2. The molecular weight excluding hydrogens is 246 g/mol. The molecule has 20 heavy (non-hydrogen) atoms. The molecule has 1 N–H and O–H groups in total. The first-order valence-electron chi connectivity index (χ1n) is 8.09. The van der Waals surface area contributed by atoms with Gasteiger partial charge in [-0.25, -0.2) is 0 Å². The third-order valence-corrected chi connectivity index (χ3v) is 4.45. The highest BCUT2D eigenvalue weighted by Gasteiger charge is 2.26. The Morgan fingerprint density at radius 3 is 2.35 bits per heavy atom. The zero-order valence-corrected chi connectivity index (χ0v) is 12.4. The molecule has 2 fully saturated rings. The van der Waals surface area contributed by atoms with E-state index in [0.717, 1.165) is 19.0 Å². The maximum atomic E-state index is 3.55. The van der Waals surface area contributed by atoms with Gasteiger partial charge in [0, 0.05) is 52.4 Å². The Kier molecular flexibility index (Phi) is 5.06. The van der Waals surface area contributed by atoms with Gasteiger partial charge in [0.1, 0.15) is 0 Å². The van der Waals surface area contributed by atoms with Crippen LogP contribution in [0.2, 0.25) is 0 Å². The Hall–Kier alpha value is -0.900. The second-order valence-corrected chi connectivity index (χ2v) is 6.25. The van der Waals surface area contributed by atoms with Gasteiger partial charge in [-0.05, 0) is 24.3 Å². The minimum absolute atomic E-state index is 0.989. The van der Waals surface area contributed by atoms with Crippen molar-refractivity contribution >= 4 is 0 Å². The molecule has 3 heteroatoms. The van der Waals surface area contributed by atoms with E-state index in [1.807, 2.05) is 0 Å². The molecule has 0 spiro atoms.